The van der Waals surface area contributed by atoms with E-state index in [4.69, 9.17) is 9.15 Å². The lowest BCUT2D eigenvalue weighted by Gasteiger charge is -2.07. The predicted molar refractivity (Wildman–Crippen MR) is 100 cm³/mol. The summed E-state index contributed by atoms with van der Waals surface area (Å²) in [5.74, 6) is 0.271. The van der Waals surface area contributed by atoms with Gasteiger partial charge in [-0.1, -0.05) is 24.3 Å². The van der Waals surface area contributed by atoms with Gasteiger partial charge in [-0.2, -0.15) is 0 Å². The first-order valence-corrected chi connectivity index (χ1v) is 8.61. The average molecular weight is 377 g/mol. The molecule has 1 amide bonds. The highest BCUT2D eigenvalue weighted by molar-refractivity contribution is 5.91. The molecule has 0 radical (unpaired) electrons. The van der Waals surface area contributed by atoms with E-state index in [1.54, 1.807) is 24.5 Å². The van der Waals surface area contributed by atoms with Crippen LogP contribution < -0.4 is 10.1 Å². The number of carbonyl (C=O) groups excluding carboxylic acids is 1. The van der Waals surface area contributed by atoms with Crippen LogP contribution in [0.4, 0.5) is 4.39 Å². The van der Waals surface area contributed by atoms with Gasteiger partial charge in [0.2, 0.25) is 5.89 Å². The highest BCUT2D eigenvalue weighted by atomic mass is 19.1. The van der Waals surface area contributed by atoms with Crippen LogP contribution in [0.1, 0.15) is 21.9 Å². The third-order valence-corrected chi connectivity index (χ3v) is 4.14. The number of oxazole rings is 1. The Hall–Kier alpha value is -3.74. The normalized spacial score (nSPS) is 10.8. The van der Waals surface area contributed by atoms with E-state index in [0.29, 0.717) is 5.75 Å². The van der Waals surface area contributed by atoms with Gasteiger partial charge in [0.1, 0.15) is 17.8 Å². The SMILES string of the molecule is O=C(NCc1ccc(F)cc1)c1coc(COc2cccc3cnccc23)n1. The number of nitrogens with zero attached hydrogens (tertiary/aromatic N) is 2. The number of rotatable bonds is 6. The second kappa shape index (κ2) is 7.87. The molecule has 2 heterocycles. The molecule has 0 bridgehead atoms. The molecule has 0 aliphatic rings. The van der Waals surface area contributed by atoms with Gasteiger partial charge >= 0.3 is 0 Å². The fourth-order valence-electron chi connectivity index (χ4n) is 2.71. The van der Waals surface area contributed by atoms with E-state index in [9.17, 15) is 9.18 Å². The van der Waals surface area contributed by atoms with Crippen molar-refractivity contribution in [3.05, 3.63) is 90.2 Å². The smallest absolute Gasteiger partial charge is 0.273 e. The van der Waals surface area contributed by atoms with Gasteiger partial charge < -0.3 is 14.5 Å². The molecule has 0 saturated heterocycles. The zero-order chi connectivity index (χ0) is 19.3. The highest BCUT2D eigenvalue weighted by Crippen LogP contribution is 2.25. The molecule has 0 aliphatic carbocycles. The summed E-state index contributed by atoms with van der Waals surface area (Å²) in [5.41, 5.74) is 0.940. The monoisotopic (exact) mass is 377 g/mol. The van der Waals surface area contributed by atoms with Crippen LogP contribution in [0.5, 0.6) is 5.75 Å². The Morgan fingerprint density at radius 1 is 1.14 bits per heavy atom. The fourth-order valence-corrected chi connectivity index (χ4v) is 2.71. The summed E-state index contributed by atoms with van der Waals surface area (Å²) in [6.45, 7) is 0.356. The minimum atomic E-state index is -0.379. The molecule has 0 unspecified atom stereocenters. The van der Waals surface area contributed by atoms with Gasteiger partial charge in [0.25, 0.3) is 5.91 Å². The van der Waals surface area contributed by atoms with Crippen LogP contribution in [0.15, 0.2) is 71.6 Å². The molecule has 2 aromatic heterocycles. The molecular weight excluding hydrogens is 361 g/mol. The van der Waals surface area contributed by atoms with E-state index in [2.05, 4.69) is 15.3 Å². The Bertz CT molecular complexity index is 1100. The molecule has 4 rings (SSSR count). The second-order valence-corrected chi connectivity index (χ2v) is 6.08. The average Bonchev–Trinajstić information content (AvgIpc) is 3.21. The fraction of sp³-hybridized carbons (Fsp3) is 0.0952. The summed E-state index contributed by atoms with van der Waals surface area (Å²) in [6.07, 6.45) is 4.74. The van der Waals surface area contributed by atoms with Crippen molar-refractivity contribution in [1.82, 2.24) is 15.3 Å². The lowest BCUT2D eigenvalue weighted by molar-refractivity contribution is 0.0946. The van der Waals surface area contributed by atoms with Crippen LogP contribution in [-0.2, 0) is 13.2 Å². The maximum atomic E-state index is 12.9. The second-order valence-electron chi connectivity index (χ2n) is 6.08. The van der Waals surface area contributed by atoms with Crippen molar-refractivity contribution in [2.75, 3.05) is 0 Å². The van der Waals surface area contributed by atoms with Gasteiger partial charge in [0, 0.05) is 29.7 Å². The minimum absolute atomic E-state index is 0.0900. The van der Waals surface area contributed by atoms with Crippen molar-refractivity contribution in [3.63, 3.8) is 0 Å². The largest absolute Gasteiger partial charge is 0.483 e. The zero-order valence-electron chi connectivity index (χ0n) is 14.8. The van der Waals surface area contributed by atoms with E-state index in [1.165, 1.54) is 18.4 Å². The first-order chi connectivity index (χ1) is 13.7. The van der Waals surface area contributed by atoms with Crippen molar-refractivity contribution >= 4 is 16.7 Å². The molecule has 0 spiro atoms. The summed E-state index contributed by atoms with van der Waals surface area (Å²) in [5, 5.41) is 4.61. The number of ether oxygens (including phenoxy) is 1. The van der Waals surface area contributed by atoms with Gasteiger partial charge in [-0.15, -0.1) is 0 Å². The Morgan fingerprint density at radius 2 is 2.00 bits per heavy atom. The number of pyridine rings is 1. The summed E-state index contributed by atoms with van der Waals surface area (Å²) >= 11 is 0. The maximum absolute atomic E-state index is 12.9. The Morgan fingerprint density at radius 3 is 2.86 bits per heavy atom. The summed E-state index contributed by atoms with van der Waals surface area (Å²) < 4.78 is 24.0. The number of amides is 1. The predicted octanol–water partition coefficient (Wildman–Crippen LogP) is 3.87. The molecule has 7 heteroatoms. The number of hydrogen-bond acceptors (Lipinski definition) is 5. The molecule has 4 aromatic rings. The van der Waals surface area contributed by atoms with Crippen LogP contribution in [0.25, 0.3) is 10.8 Å². The topological polar surface area (TPSA) is 77.2 Å². The molecule has 1 N–H and O–H groups in total. The molecule has 0 atom stereocenters. The van der Waals surface area contributed by atoms with Gasteiger partial charge in [-0.25, -0.2) is 9.37 Å². The molecule has 140 valence electrons. The van der Waals surface area contributed by atoms with Crippen LogP contribution in [0.3, 0.4) is 0 Å². The number of carbonyl (C=O) groups is 1. The van der Waals surface area contributed by atoms with Crippen molar-refractivity contribution in [1.29, 1.82) is 0 Å². The highest BCUT2D eigenvalue weighted by Gasteiger charge is 2.13. The first kappa shape index (κ1) is 17.7. The van der Waals surface area contributed by atoms with Crippen LogP contribution in [-0.4, -0.2) is 15.9 Å². The third kappa shape index (κ3) is 3.98. The Kier molecular flexibility index (Phi) is 4.97. The number of nitrogens with one attached hydrogen (secondary N) is 1. The zero-order valence-corrected chi connectivity index (χ0v) is 14.8. The number of halogens is 1. The summed E-state index contributed by atoms with van der Waals surface area (Å²) in [7, 11) is 0. The minimum Gasteiger partial charge on any atom is -0.483 e. The molecule has 2 aromatic carbocycles. The standard InChI is InChI=1S/C21H16FN3O3/c22-16-6-4-14(5-7-16)10-24-21(26)18-12-28-20(25-18)13-27-19-3-1-2-15-11-23-9-8-17(15)19/h1-9,11-12H,10,13H2,(H,24,26). The first-order valence-electron chi connectivity index (χ1n) is 8.61. The van der Waals surface area contributed by atoms with E-state index in [1.807, 2.05) is 24.3 Å². The van der Waals surface area contributed by atoms with Gasteiger partial charge in [0.05, 0.1) is 0 Å². The van der Waals surface area contributed by atoms with Crippen LogP contribution in [0.2, 0.25) is 0 Å². The van der Waals surface area contributed by atoms with Gasteiger partial charge in [-0.3, -0.25) is 9.78 Å². The van der Waals surface area contributed by atoms with Crippen molar-refractivity contribution in [3.8, 4) is 5.75 Å². The Labute approximate surface area is 160 Å². The summed E-state index contributed by atoms with van der Waals surface area (Å²) in [6, 6.07) is 13.4. The molecule has 0 aliphatic heterocycles. The number of aromatic nitrogens is 2. The quantitative estimate of drug-likeness (QED) is 0.552. The molecule has 0 fully saturated rings. The van der Waals surface area contributed by atoms with E-state index in [-0.39, 0.29) is 36.5 Å². The molecule has 28 heavy (non-hydrogen) atoms. The van der Waals surface area contributed by atoms with Crippen molar-refractivity contribution < 1.29 is 18.3 Å². The number of hydrogen-bond donors (Lipinski definition) is 1. The van der Waals surface area contributed by atoms with Crippen molar-refractivity contribution in [2.24, 2.45) is 0 Å². The van der Waals surface area contributed by atoms with E-state index >= 15 is 0 Å². The maximum Gasteiger partial charge on any atom is 0.273 e. The lowest BCUT2D eigenvalue weighted by Crippen LogP contribution is -2.23. The lowest BCUT2D eigenvalue weighted by atomic mass is 10.1. The molecule has 6 nitrogen and oxygen atoms in total. The Balaban J connectivity index is 1.37. The van der Waals surface area contributed by atoms with E-state index < -0.39 is 0 Å². The summed E-state index contributed by atoms with van der Waals surface area (Å²) in [4.78, 5) is 20.4. The molecular formula is C21H16FN3O3. The van der Waals surface area contributed by atoms with E-state index in [0.717, 1.165) is 16.3 Å². The van der Waals surface area contributed by atoms with Gasteiger partial charge in [0.15, 0.2) is 12.3 Å². The van der Waals surface area contributed by atoms with Crippen LogP contribution >= 0.6 is 0 Å². The number of benzene rings is 2. The molecule has 0 saturated carbocycles. The van der Waals surface area contributed by atoms with Gasteiger partial charge in [-0.05, 0) is 29.8 Å². The van der Waals surface area contributed by atoms with Crippen molar-refractivity contribution in [2.45, 2.75) is 13.2 Å². The number of fused-ring (bicyclic) bond motifs is 1. The van der Waals surface area contributed by atoms with Crippen LogP contribution in [0, 0.1) is 5.82 Å². The third-order valence-electron chi connectivity index (χ3n) is 4.14.